The van der Waals surface area contributed by atoms with Gasteiger partial charge in [-0.05, 0) is 0 Å². The molecule has 0 aliphatic rings. The first-order valence-electron chi connectivity index (χ1n) is 5.88. The molecule has 0 fully saturated rings. The van der Waals surface area contributed by atoms with Crippen LogP contribution >= 0.6 is 0 Å². The first kappa shape index (κ1) is 14.3. The van der Waals surface area contributed by atoms with Crippen molar-refractivity contribution in [1.29, 1.82) is 0 Å². The molecule has 0 saturated carbocycles. The Balaban J connectivity index is 2.52. The van der Waals surface area contributed by atoms with Gasteiger partial charge in [-0.3, -0.25) is 0 Å². The molecule has 1 N–H and O–H groups in total. The minimum absolute atomic E-state index is 0.138. The van der Waals surface area contributed by atoms with Gasteiger partial charge in [-0.25, -0.2) is 0 Å². The molecule has 0 amide bonds. The number of aliphatic hydroxyl groups is 1. The molecule has 1 aromatic carbocycles. The third-order valence-corrected chi connectivity index (χ3v) is 5.04. The van der Waals surface area contributed by atoms with Gasteiger partial charge in [0.2, 0.25) is 0 Å². The van der Waals surface area contributed by atoms with Crippen LogP contribution in [0.15, 0.2) is 40.0 Å². The van der Waals surface area contributed by atoms with E-state index in [2.05, 4.69) is 30.9 Å². The number of aliphatic hydroxyl groups excluding tert-OH is 1. The summed E-state index contributed by atoms with van der Waals surface area (Å²) < 4.78 is 2.44. The summed E-state index contributed by atoms with van der Waals surface area (Å²) >= 11 is -0.445. The molecule has 0 heterocycles. The normalized spacial score (nSPS) is 10.8. The van der Waals surface area contributed by atoms with Gasteiger partial charge in [-0.2, -0.15) is 0 Å². The van der Waals surface area contributed by atoms with E-state index in [1.165, 1.54) is 10.0 Å². The van der Waals surface area contributed by atoms with E-state index in [-0.39, 0.29) is 6.61 Å². The summed E-state index contributed by atoms with van der Waals surface area (Å²) in [5.74, 6) is 6.17. The van der Waals surface area contributed by atoms with Gasteiger partial charge in [-0.15, -0.1) is 0 Å². The van der Waals surface area contributed by atoms with Crippen LogP contribution in [0.3, 0.4) is 0 Å². The van der Waals surface area contributed by atoms with Crippen molar-refractivity contribution in [3.05, 3.63) is 40.0 Å². The molecular weight excluding hydrogens is 324 g/mol. The average molecular weight is 342 g/mol. The van der Waals surface area contributed by atoms with Crippen molar-refractivity contribution in [2.45, 2.75) is 26.2 Å². The van der Waals surface area contributed by atoms with Crippen LogP contribution in [-0.4, -0.2) is 32.6 Å². The number of benzene rings is 1. The van der Waals surface area contributed by atoms with Gasteiger partial charge in [0.25, 0.3) is 0 Å². The van der Waals surface area contributed by atoms with Crippen molar-refractivity contribution in [2.24, 2.45) is 0 Å². The van der Waals surface area contributed by atoms with E-state index < -0.39 is 20.9 Å². The Hall–Kier alpha value is -0.730. The Bertz CT molecular complexity index is 398. The monoisotopic (exact) mass is 344 g/mol. The molecule has 0 radical (unpaired) electrons. The standard InChI is InChI=1S/C15H18OTe/c1-2-3-4-5-7-12-15(13-16)17-14-10-8-6-9-11-14/h6,8-12,16H,2-4,13H2,1H3/b15-12-. The number of hydrogen-bond acceptors (Lipinski definition) is 1. The van der Waals surface area contributed by atoms with Crippen LogP contribution in [0.4, 0.5) is 0 Å². The summed E-state index contributed by atoms with van der Waals surface area (Å²) in [4.78, 5) is 0. The predicted octanol–water partition coefficient (Wildman–Crippen LogP) is 2.09. The Morgan fingerprint density at radius 2 is 2.12 bits per heavy atom. The second kappa shape index (κ2) is 9.32. The molecule has 1 rings (SSSR count). The number of rotatable bonds is 5. The van der Waals surface area contributed by atoms with Gasteiger partial charge < -0.3 is 0 Å². The van der Waals surface area contributed by atoms with Crippen LogP contribution in [0.2, 0.25) is 0 Å². The van der Waals surface area contributed by atoms with Gasteiger partial charge in [-0.1, -0.05) is 0 Å². The fourth-order valence-corrected chi connectivity index (χ4v) is 3.44. The maximum atomic E-state index is 9.29. The molecule has 0 atom stereocenters. The summed E-state index contributed by atoms with van der Waals surface area (Å²) in [6.07, 6.45) is 5.21. The molecule has 0 unspecified atom stereocenters. The van der Waals surface area contributed by atoms with E-state index >= 15 is 0 Å². The minimum atomic E-state index is -0.445. The van der Waals surface area contributed by atoms with Crippen molar-refractivity contribution < 1.29 is 5.11 Å². The summed E-state index contributed by atoms with van der Waals surface area (Å²) in [6.45, 7) is 2.30. The molecule has 2 heteroatoms. The average Bonchev–Trinajstić information content (AvgIpc) is 2.38. The van der Waals surface area contributed by atoms with Gasteiger partial charge >= 0.3 is 114 Å². The van der Waals surface area contributed by atoms with E-state index in [1.807, 2.05) is 24.3 Å². The van der Waals surface area contributed by atoms with Crippen LogP contribution in [0.1, 0.15) is 26.2 Å². The molecule has 0 aromatic heterocycles. The van der Waals surface area contributed by atoms with Crippen molar-refractivity contribution in [3.8, 4) is 11.8 Å². The van der Waals surface area contributed by atoms with Crippen LogP contribution in [-0.2, 0) is 0 Å². The molecule has 1 nitrogen and oxygen atoms in total. The van der Waals surface area contributed by atoms with Crippen molar-refractivity contribution in [3.63, 3.8) is 0 Å². The first-order valence-corrected chi connectivity index (χ1v) is 8.21. The van der Waals surface area contributed by atoms with Crippen molar-refractivity contribution in [2.75, 3.05) is 6.61 Å². The maximum absolute atomic E-state index is 9.29. The van der Waals surface area contributed by atoms with Crippen LogP contribution in [0.25, 0.3) is 0 Å². The Labute approximate surface area is 114 Å². The molecule has 1 aromatic rings. The number of unbranched alkanes of at least 4 members (excludes halogenated alkanes) is 2. The number of hydrogen-bond donors (Lipinski definition) is 1. The van der Waals surface area contributed by atoms with Crippen LogP contribution < -0.4 is 3.61 Å². The third kappa shape index (κ3) is 6.54. The molecule has 0 aliphatic carbocycles. The molecular formula is C15H18OTe. The first-order chi connectivity index (χ1) is 8.36. The van der Waals surface area contributed by atoms with E-state index in [9.17, 15) is 5.11 Å². The second-order valence-corrected chi connectivity index (χ2v) is 7.03. The fraction of sp³-hybridized carbons (Fsp3) is 0.333. The summed E-state index contributed by atoms with van der Waals surface area (Å²) in [6, 6.07) is 10.3. The fourth-order valence-electron chi connectivity index (χ4n) is 1.22. The van der Waals surface area contributed by atoms with E-state index in [1.54, 1.807) is 0 Å². The Morgan fingerprint density at radius 3 is 2.76 bits per heavy atom. The zero-order valence-corrected chi connectivity index (χ0v) is 12.5. The predicted molar refractivity (Wildman–Crippen MR) is 74.3 cm³/mol. The summed E-state index contributed by atoms with van der Waals surface area (Å²) in [5.41, 5.74) is 0. The van der Waals surface area contributed by atoms with Crippen molar-refractivity contribution >= 4 is 24.5 Å². The second-order valence-electron chi connectivity index (χ2n) is 3.61. The molecule has 0 bridgehead atoms. The third-order valence-electron chi connectivity index (χ3n) is 2.14. The molecule has 17 heavy (non-hydrogen) atoms. The zero-order valence-electron chi connectivity index (χ0n) is 10.1. The SMILES string of the molecule is CCCCC#C/C=C(/CO)[Te]c1ccccc1. The summed E-state index contributed by atoms with van der Waals surface area (Å²) in [7, 11) is 0. The molecule has 0 saturated heterocycles. The number of allylic oxidation sites excluding steroid dienone is 1. The molecule has 0 spiro atoms. The van der Waals surface area contributed by atoms with Crippen molar-refractivity contribution in [1.82, 2.24) is 0 Å². The Kier molecular flexibility index (Phi) is 7.85. The van der Waals surface area contributed by atoms with Crippen LogP contribution in [0, 0.1) is 11.8 Å². The summed E-state index contributed by atoms with van der Waals surface area (Å²) in [5, 5.41) is 9.29. The van der Waals surface area contributed by atoms with Gasteiger partial charge in [0.05, 0.1) is 0 Å². The van der Waals surface area contributed by atoms with Gasteiger partial charge in [0.1, 0.15) is 0 Å². The van der Waals surface area contributed by atoms with E-state index in [0.29, 0.717) is 0 Å². The topological polar surface area (TPSA) is 20.2 Å². The molecule has 90 valence electrons. The quantitative estimate of drug-likeness (QED) is 0.494. The van der Waals surface area contributed by atoms with Gasteiger partial charge in [0.15, 0.2) is 0 Å². The zero-order chi connectivity index (χ0) is 12.3. The van der Waals surface area contributed by atoms with Gasteiger partial charge in [0, 0.05) is 0 Å². The van der Waals surface area contributed by atoms with Crippen LogP contribution in [0.5, 0.6) is 0 Å². The Morgan fingerprint density at radius 1 is 1.35 bits per heavy atom. The van der Waals surface area contributed by atoms with E-state index in [0.717, 1.165) is 16.5 Å². The molecule has 0 aliphatic heterocycles. The van der Waals surface area contributed by atoms with E-state index in [4.69, 9.17) is 0 Å².